The molecule has 0 bridgehead atoms. The van der Waals surface area contributed by atoms with Crippen LogP contribution in [0, 0.1) is 6.92 Å². The molecule has 4 N–H and O–H groups in total. The predicted molar refractivity (Wildman–Crippen MR) is 86.5 cm³/mol. The lowest BCUT2D eigenvalue weighted by Gasteiger charge is -2.09. The summed E-state index contributed by atoms with van der Waals surface area (Å²) in [5, 5.41) is 5.28. The molecular weight excluding hydrogens is 334 g/mol. The Hall–Kier alpha value is -2.34. The molecule has 2 rings (SSSR count). The highest BCUT2D eigenvalue weighted by molar-refractivity contribution is 9.10. The molecule has 0 unspecified atom stereocenters. The fraction of sp³-hybridized carbons (Fsp3) is 0.0667. The Morgan fingerprint density at radius 2 is 1.71 bits per heavy atom. The predicted octanol–water partition coefficient (Wildman–Crippen LogP) is 3.50. The van der Waals surface area contributed by atoms with E-state index < -0.39 is 6.03 Å². The van der Waals surface area contributed by atoms with Crippen LogP contribution >= 0.6 is 15.9 Å². The second-order valence-corrected chi connectivity index (χ2v) is 5.40. The zero-order chi connectivity index (χ0) is 15.4. The first-order chi connectivity index (χ1) is 9.95. The van der Waals surface area contributed by atoms with Crippen LogP contribution in [-0.2, 0) is 0 Å². The summed E-state index contributed by atoms with van der Waals surface area (Å²) < 4.78 is 0.958. The smallest absolute Gasteiger partial charge is 0.316 e. The van der Waals surface area contributed by atoms with Gasteiger partial charge in [0, 0.05) is 21.4 Å². The Balaban J connectivity index is 2.11. The van der Waals surface area contributed by atoms with Crippen molar-refractivity contribution in [2.75, 3.05) is 10.6 Å². The quantitative estimate of drug-likeness (QED) is 0.793. The third kappa shape index (κ3) is 4.06. The maximum atomic E-state index is 12.1. The Morgan fingerprint density at radius 1 is 1.05 bits per heavy atom. The van der Waals surface area contributed by atoms with E-state index in [2.05, 4.69) is 26.6 Å². The number of urea groups is 1. The third-order valence-corrected chi connectivity index (χ3v) is 3.34. The number of anilines is 2. The molecule has 2 aromatic rings. The Kier molecular flexibility index (Phi) is 4.59. The highest BCUT2D eigenvalue weighted by Gasteiger charge is 2.08. The van der Waals surface area contributed by atoms with Gasteiger partial charge in [0.05, 0.1) is 0 Å². The van der Waals surface area contributed by atoms with Gasteiger partial charge in [-0.2, -0.15) is 0 Å². The van der Waals surface area contributed by atoms with E-state index in [0.29, 0.717) is 11.3 Å². The van der Waals surface area contributed by atoms with Crippen LogP contribution in [0.15, 0.2) is 46.9 Å². The zero-order valence-corrected chi connectivity index (χ0v) is 12.9. The van der Waals surface area contributed by atoms with E-state index in [1.807, 2.05) is 25.1 Å². The van der Waals surface area contributed by atoms with Crippen LogP contribution < -0.4 is 16.4 Å². The highest BCUT2D eigenvalue weighted by atomic mass is 79.9. The van der Waals surface area contributed by atoms with Crippen molar-refractivity contribution in [3.05, 3.63) is 58.1 Å². The van der Waals surface area contributed by atoms with Gasteiger partial charge in [-0.25, -0.2) is 4.79 Å². The van der Waals surface area contributed by atoms with E-state index in [1.54, 1.807) is 24.3 Å². The molecule has 6 heteroatoms. The highest BCUT2D eigenvalue weighted by Crippen LogP contribution is 2.21. The number of benzene rings is 2. The van der Waals surface area contributed by atoms with E-state index in [9.17, 15) is 9.59 Å². The van der Waals surface area contributed by atoms with Gasteiger partial charge in [0.1, 0.15) is 0 Å². The largest absolute Gasteiger partial charge is 0.351 e. The van der Waals surface area contributed by atoms with Gasteiger partial charge in [0.15, 0.2) is 0 Å². The molecule has 0 heterocycles. The Labute approximate surface area is 130 Å². The van der Waals surface area contributed by atoms with Crippen molar-refractivity contribution in [3.63, 3.8) is 0 Å². The number of rotatable bonds is 3. The zero-order valence-electron chi connectivity index (χ0n) is 11.3. The summed E-state index contributed by atoms with van der Waals surface area (Å²) in [6, 6.07) is 11.5. The van der Waals surface area contributed by atoms with Crippen molar-refractivity contribution in [1.29, 1.82) is 0 Å². The van der Waals surface area contributed by atoms with Crippen LogP contribution in [0.3, 0.4) is 0 Å². The minimum atomic E-state index is -0.641. The molecule has 0 fully saturated rings. The number of carbonyl (C=O) groups excluding carboxylic acids is 2. The van der Waals surface area contributed by atoms with Gasteiger partial charge < -0.3 is 16.4 Å². The summed E-state index contributed by atoms with van der Waals surface area (Å²) >= 11 is 3.38. The lowest BCUT2D eigenvalue weighted by atomic mass is 10.1. The maximum Gasteiger partial charge on any atom is 0.316 e. The number of primary amides is 1. The number of halogens is 1. The van der Waals surface area contributed by atoms with Gasteiger partial charge in [0.2, 0.25) is 0 Å². The number of hydrogen-bond acceptors (Lipinski definition) is 2. The third-order valence-electron chi connectivity index (χ3n) is 2.85. The first-order valence-corrected chi connectivity index (χ1v) is 6.99. The van der Waals surface area contributed by atoms with Crippen molar-refractivity contribution >= 4 is 39.2 Å². The van der Waals surface area contributed by atoms with Crippen LogP contribution in [0.4, 0.5) is 16.2 Å². The van der Waals surface area contributed by atoms with E-state index in [4.69, 9.17) is 5.73 Å². The normalized spacial score (nSPS) is 10.0. The SMILES string of the molecule is Cc1cc(Br)ccc1NC(=O)c1ccc(NC(N)=O)cc1. The van der Waals surface area contributed by atoms with Gasteiger partial charge in [-0.15, -0.1) is 0 Å². The number of nitrogens with one attached hydrogen (secondary N) is 2. The summed E-state index contributed by atoms with van der Waals surface area (Å²) in [5.41, 5.74) is 7.77. The summed E-state index contributed by atoms with van der Waals surface area (Å²) in [5.74, 6) is -0.217. The second-order valence-electron chi connectivity index (χ2n) is 4.48. The molecular formula is C15H14BrN3O2. The van der Waals surface area contributed by atoms with Crippen molar-refractivity contribution < 1.29 is 9.59 Å². The molecule has 0 saturated carbocycles. The van der Waals surface area contributed by atoms with Crippen LogP contribution in [0.25, 0.3) is 0 Å². The molecule has 0 saturated heterocycles. The van der Waals surface area contributed by atoms with Gasteiger partial charge in [0.25, 0.3) is 5.91 Å². The first kappa shape index (κ1) is 15.1. The monoisotopic (exact) mass is 347 g/mol. The first-order valence-electron chi connectivity index (χ1n) is 6.20. The lowest BCUT2D eigenvalue weighted by Crippen LogP contribution is -2.19. The van der Waals surface area contributed by atoms with E-state index in [-0.39, 0.29) is 5.91 Å². The van der Waals surface area contributed by atoms with Gasteiger partial charge in [-0.05, 0) is 55.0 Å². The van der Waals surface area contributed by atoms with Crippen molar-refractivity contribution in [3.8, 4) is 0 Å². The van der Waals surface area contributed by atoms with Crippen LogP contribution in [-0.4, -0.2) is 11.9 Å². The molecule has 21 heavy (non-hydrogen) atoms. The molecule has 3 amide bonds. The van der Waals surface area contributed by atoms with E-state index >= 15 is 0 Å². The number of hydrogen-bond donors (Lipinski definition) is 3. The van der Waals surface area contributed by atoms with Crippen LogP contribution in [0.5, 0.6) is 0 Å². The molecule has 0 aliphatic heterocycles. The standard InChI is InChI=1S/C15H14BrN3O2/c1-9-8-11(16)4-7-13(9)19-14(20)10-2-5-12(6-3-10)18-15(17)21/h2-8H,1H3,(H,19,20)(H3,17,18,21). The summed E-state index contributed by atoms with van der Waals surface area (Å²) in [7, 11) is 0. The molecule has 108 valence electrons. The fourth-order valence-electron chi connectivity index (χ4n) is 1.81. The lowest BCUT2D eigenvalue weighted by molar-refractivity contribution is 0.102. The number of carbonyl (C=O) groups is 2. The fourth-order valence-corrected chi connectivity index (χ4v) is 2.28. The maximum absolute atomic E-state index is 12.1. The van der Waals surface area contributed by atoms with Crippen LogP contribution in [0.2, 0.25) is 0 Å². The number of aryl methyl sites for hydroxylation is 1. The Morgan fingerprint density at radius 3 is 2.29 bits per heavy atom. The summed E-state index contributed by atoms with van der Waals surface area (Å²) in [6.07, 6.45) is 0. The minimum absolute atomic E-state index is 0.217. The molecule has 0 atom stereocenters. The molecule has 0 aliphatic carbocycles. The average molecular weight is 348 g/mol. The summed E-state index contributed by atoms with van der Waals surface area (Å²) in [4.78, 5) is 22.9. The molecule has 0 aliphatic rings. The van der Waals surface area contributed by atoms with Crippen molar-refractivity contribution in [1.82, 2.24) is 0 Å². The number of amides is 3. The van der Waals surface area contributed by atoms with Crippen LogP contribution in [0.1, 0.15) is 15.9 Å². The molecule has 2 aromatic carbocycles. The minimum Gasteiger partial charge on any atom is -0.351 e. The van der Waals surface area contributed by atoms with E-state index in [0.717, 1.165) is 15.7 Å². The van der Waals surface area contributed by atoms with E-state index in [1.165, 1.54) is 0 Å². The van der Waals surface area contributed by atoms with Gasteiger partial charge in [-0.3, -0.25) is 4.79 Å². The molecule has 0 radical (unpaired) electrons. The van der Waals surface area contributed by atoms with Crippen molar-refractivity contribution in [2.24, 2.45) is 5.73 Å². The number of nitrogens with two attached hydrogens (primary N) is 1. The molecule has 0 spiro atoms. The topological polar surface area (TPSA) is 84.2 Å². The second kappa shape index (κ2) is 6.41. The van der Waals surface area contributed by atoms with Gasteiger partial charge >= 0.3 is 6.03 Å². The molecule has 5 nitrogen and oxygen atoms in total. The summed E-state index contributed by atoms with van der Waals surface area (Å²) in [6.45, 7) is 1.92. The van der Waals surface area contributed by atoms with Crippen molar-refractivity contribution in [2.45, 2.75) is 6.92 Å². The molecule has 0 aromatic heterocycles. The van der Waals surface area contributed by atoms with Gasteiger partial charge in [-0.1, -0.05) is 15.9 Å². The average Bonchev–Trinajstić information content (AvgIpc) is 2.42. The Bertz CT molecular complexity index is 684.